The van der Waals surface area contributed by atoms with Crippen LogP contribution in [0.25, 0.3) is 11.3 Å². The fourth-order valence-corrected chi connectivity index (χ4v) is 2.77. The van der Waals surface area contributed by atoms with E-state index in [9.17, 15) is 15.2 Å². The molecule has 1 aromatic heterocycles. The molecule has 2 aromatic rings. The number of furan rings is 1. The van der Waals surface area contributed by atoms with E-state index in [1.165, 1.54) is 6.07 Å². The van der Waals surface area contributed by atoms with Gasteiger partial charge in [0.2, 0.25) is 0 Å². The Hall–Kier alpha value is -1.93. The predicted octanol–water partition coefficient (Wildman–Crippen LogP) is 1.95. The Morgan fingerprint density at radius 2 is 2.08 bits per heavy atom. The minimum absolute atomic E-state index is 0. The molecule has 2 unspecified atom stereocenters. The third-order valence-corrected chi connectivity index (χ3v) is 4.04. The molecule has 1 saturated heterocycles. The van der Waals surface area contributed by atoms with Gasteiger partial charge in [0, 0.05) is 31.6 Å². The van der Waals surface area contributed by atoms with Crippen molar-refractivity contribution >= 4 is 18.1 Å². The summed E-state index contributed by atoms with van der Waals surface area (Å²) in [6.07, 6.45) is -0.318. The van der Waals surface area contributed by atoms with Crippen molar-refractivity contribution in [3.63, 3.8) is 0 Å². The second-order valence-electron chi connectivity index (χ2n) is 5.66. The summed E-state index contributed by atoms with van der Waals surface area (Å²) in [7, 11) is 0. The van der Waals surface area contributed by atoms with Crippen LogP contribution < -0.4 is 10.6 Å². The summed E-state index contributed by atoms with van der Waals surface area (Å²) in [6, 6.07) is 10.1. The Morgan fingerprint density at radius 1 is 1.29 bits per heavy atom. The Bertz CT molecular complexity index is 691. The number of aliphatic hydroxyl groups is 1. The van der Waals surface area contributed by atoms with Crippen LogP contribution in [0, 0.1) is 16.0 Å². The fourth-order valence-electron chi connectivity index (χ4n) is 2.77. The molecule has 7 nitrogen and oxygen atoms in total. The highest BCUT2D eigenvalue weighted by Crippen LogP contribution is 2.30. The molecule has 3 rings (SSSR count). The molecule has 2 heterocycles. The highest BCUT2D eigenvalue weighted by molar-refractivity contribution is 5.85. The summed E-state index contributed by atoms with van der Waals surface area (Å²) in [4.78, 5) is 10.7. The Balaban J connectivity index is 0.00000208. The van der Waals surface area contributed by atoms with Gasteiger partial charge >= 0.3 is 0 Å². The van der Waals surface area contributed by atoms with Crippen molar-refractivity contribution in [1.82, 2.24) is 10.6 Å². The number of nitrogens with zero attached hydrogens (tertiary/aromatic N) is 1. The molecule has 1 aliphatic heterocycles. The third-order valence-electron chi connectivity index (χ3n) is 4.04. The number of hydrogen-bond donors (Lipinski definition) is 3. The number of nitro benzene ring substituents is 1. The van der Waals surface area contributed by atoms with Gasteiger partial charge in [0.1, 0.15) is 11.5 Å². The maximum absolute atomic E-state index is 11.1. The van der Waals surface area contributed by atoms with Gasteiger partial charge < -0.3 is 20.2 Å². The summed E-state index contributed by atoms with van der Waals surface area (Å²) in [6.45, 7) is 2.64. The zero-order valence-electron chi connectivity index (χ0n) is 13.0. The number of β-amino-alcohol motifs (C(OH)–C–C–N with tert-alkyl or cyclic N) is 1. The molecule has 130 valence electrons. The van der Waals surface area contributed by atoms with Crippen molar-refractivity contribution in [2.75, 3.05) is 19.6 Å². The molecule has 1 fully saturated rings. The van der Waals surface area contributed by atoms with Gasteiger partial charge in [-0.3, -0.25) is 10.1 Å². The van der Waals surface area contributed by atoms with E-state index < -0.39 is 4.92 Å². The molecule has 24 heavy (non-hydrogen) atoms. The lowest BCUT2D eigenvalue weighted by atomic mass is 10.1. The van der Waals surface area contributed by atoms with Crippen LogP contribution in [0.2, 0.25) is 0 Å². The van der Waals surface area contributed by atoms with Crippen LogP contribution in [0.15, 0.2) is 40.8 Å². The van der Waals surface area contributed by atoms with Crippen LogP contribution >= 0.6 is 12.4 Å². The highest BCUT2D eigenvalue weighted by Gasteiger charge is 2.24. The number of nitrogens with one attached hydrogen (secondary N) is 2. The first kappa shape index (κ1) is 18.4. The van der Waals surface area contributed by atoms with Crippen molar-refractivity contribution in [3.8, 4) is 11.3 Å². The minimum Gasteiger partial charge on any atom is -0.459 e. The molecule has 0 amide bonds. The largest absolute Gasteiger partial charge is 0.459 e. The number of hydrogen-bond acceptors (Lipinski definition) is 6. The van der Waals surface area contributed by atoms with E-state index in [0.717, 1.165) is 6.54 Å². The zero-order valence-corrected chi connectivity index (χ0v) is 13.8. The fraction of sp³-hybridized carbons (Fsp3) is 0.375. The van der Waals surface area contributed by atoms with Gasteiger partial charge in [0.15, 0.2) is 0 Å². The number of benzene rings is 1. The number of rotatable bonds is 6. The van der Waals surface area contributed by atoms with Crippen LogP contribution in [-0.4, -0.2) is 35.8 Å². The van der Waals surface area contributed by atoms with Crippen LogP contribution in [0.3, 0.4) is 0 Å². The summed E-state index contributed by atoms with van der Waals surface area (Å²) >= 11 is 0. The van der Waals surface area contributed by atoms with E-state index in [-0.39, 0.29) is 30.1 Å². The van der Waals surface area contributed by atoms with Crippen LogP contribution in [0.5, 0.6) is 0 Å². The minimum atomic E-state index is -0.412. The standard InChI is InChI=1S/C16H19N3O4.ClH/c20-15-10-18-8-11(15)7-17-9-12-5-6-16(23-12)13-3-1-2-4-14(13)19(21)22;/h1-6,11,15,17-18,20H,7-10H2;1H. The van der Waals surface area contributed by atoms with E-state index in [0.29, 0.717) is 36.7 Å². The Kier molecular flexibility index (Phi) is 6.33. The van der Waals surface area contributed by atoms with Gasteiger partial charge in [-0.25, -0.2) is 0 Å². The number of aliphatic hydroxyl groups excluding tert-OH is 1. The van der Waals surface area contributed by atoms with E-state index in [4.69, 9.17) is 4.42 Å². The quantitative estimate of drug-likeness (QED) is 0.542. The van der Waals surface area contributed by atoms with Gasteiger partial charge in [-0.2, -0.15) is 0 Å². The van der Waals surface area contributed by atoms with Crippen LogP contribution in [0.1, 0.15) is 5.76 Å². The third kappa shape index (κ3) is 4.12. The number of nitro groups is 1. The zero-order chi connectivity index (χ0) is 16.2. The summed E-state index contributed by atoms with van der Waals surface area (Å²) < 4.78 is 5.71. The Labute approximate surface area is 145 Å². The first-order chi connectivity index (χ1) is 11.1. The summed E-state index contributed by atoms with van der Waals surface area (Å²) in [5, 5.41) is 27.2. The topological polar surface area (TPSA) is 101 Å². The second kappa shape index (κ2) is 8.25. The summed E-state index contributed by atoms with van der Waals surface area (Å²) in [5.41, 5.74) is 0.501. The van der Waals surface area contributed by atoms with E-state index in [2.05, 4.69) is 10.6 Å². The van der Waals surface area contributed by atoms with Gasteiger partial charge in [-0.1, -0.05) is 12.1 Å². The smallest absolute Gasteiger partial charge is 0.280 e. The van der Waals surface area contributed by atoms with E-state index in [1.54, 1.807) is 24.3 Å². The molecule has 0 aliphatic carbocycles. The molecular formula is C16H20ClN3O4. The van der Waals surface area contributed by atoms with Crippen molar-refractivity contribution in [2.45, 2.75) is 12.6 Å². The van der Waals surface area contributed by atoms with Crippen LogP contribution in [-0.2, 0) is 6.54 Å². The van der Waals surface area contributed by atoms with Crippen molar-refractivity contribution < 1.29 is 14.4 Å². The molecule has 2 atom stereocenters. The second-order valence-corrected chi connectivity index (χ2v) is 5.66. The van der Waals surface area contributed by atoms with Gasteiger partial charge in [0.25, 0.3) is 5.69 Å². The van der Waals surface area contributed by atoms with E-state index in [1.807, 2.05) is 6.07 Å². The molecule has 0 radical (unpaired) electrons. The van der Waals surface area contributed by atoms with E-state index >= 15 is 0 Å². The number of para-hydroxylation sites is 1. The molecule has 0 saturated carbocycles. The van der Waals surface area contributed by atoms with Crippen molar-refractivity contribution in [1.29, 1.82) is 0 Å². The monoisotopic (exact) mass is 353 g/mol. The maximum Gasteiger partial charge on any atom is 0.280 e. The predicted molar refractivity (Wildman–Crippen MR) is 92.1 cm³/mol. The SMILES string of the molecule is Cl.O=[N+]([O-])c1ccccc1-c1ccc(CNCC2CNCC2O)o1. The van der Waals surface area contributed by atoms with Gasteiger partial charge in [-0.05, 0) is 18.2 Å². The lowest BCUT2D eigenvalue weighted by molar-refractivity contribution is -0.384. The molecular weight excluding hydrogens is 334 g/mol. The van der Waals surface area contributed by atoms with Crippen LogP contribution in [0.4, 0.5) is 5.69 Å². The maximum atomic E-state index is 11.1. The Morgan fingerprint density at radius 3 is 2.79 bits per heavy atom. The van der Waals surface area contributed by atoms with Gasteiger partial charge in [0.05, 0.1) is 23.1 Å². The normalized spacial score (nSPS) is 19.9. The average molecular weight is 354 g/mol. The lowest BCUT2D eigenvalue weighted by Crippen LogP contribution is -2.30. The first-order valence-corrected chi connectivity index (χ1v) is 7.57. The molecule has 0 spiro atoms. The average Bonchev–Trinajstić information content (AvgIpc) is 3.17. The molecule has 3 N–H and O–H groups in total. The van der Waals surface area contributed by atoms with Crippen molar-refractivity contribution in [3.05, 3.63) is 52.3 Å². The van der Waals surface area contributed by atoms with Crippen molar-refractivity contribution in [2.24, 2.45) is 5.92 Å². The molecule has 1 aliphatic rings. The molecule has 8 heteroatoms. The van der Waals surface area contributed by atoms with Gasteiger partial charge in [-0.15, -0.1) is 12.4 Å². The highest BCUT2D eigenvalue weighted by atomic mass is 35.5. The first-order valence-electron chi connectivity index (χ1n) is 7.57. The lowest BCUT2D eigenvalue weighted by Gasteiger charge is -2.13. The summed E-state index contributed by atoms with van der Waals surface area (Å²) in [5.74, 6) is 1.38. The number of halogens is 1. The molecule has 1 aromatic carbocycles. The molecule has 0 bridgehead atoms.